The van der Waals surface area contributed by atoms with Gasteiger partial charge in [0.1, 0.15) is 12.2 Å². The average molecular weight is 315 g/mol. The monoisotopic (exact) mass is 315 g/mol. The van der Waals surface area contributed by atoms with E-state index in [1.54, 1.807) is 31.5 Å². The minimum absolute atomic E-state index is 0.00927. The molecule has 0 unspecified atom stereocenters. The van der Waals surface area contributed by atoms with Gasteiger partial charge in [0.05, 0.1) is 19.1 Å². The van der Waals surface area contributed by atoms with Crippen LogP contribution in [-0.4, -0.2) is 33.6 Å². The van der Waals surface area contributed by atoms with Gasteiger partial charge in [0.25, 0.3) is 0 Å². The zero-order valence-corrected chi connectivity index (χ0v) is 12.5. The van der Waals surface area contributed by atoms with Crippen LogP contribution in [0.2, 0.25) is 0 Å². The number of ether oxygens (including phenoxy) is 2. The fourth-order valence-electron chi connectivity index (χ4n) is 2.17. The molecule has 3 heterocycles. The average Bonchev–Trinajstić information content (AvgIpc) is 3.15. The van der Waals surface area contributed by atoms with Crippen molar-refractivity contribution in [3.63, 3.8) is 0 Å². The number of rotatable bonds is 4. The Morgan fingerprint density at radius 1 is 1.35 bits per heavy atom. The number of hydrogen-bond donors (Lipinski definition) is 0. The molecule has 0 spiro atoms. The van der Waals surface area contributed by atoms with E-state index in [4.69, 9.17) is 9.15 Å². The summed E-state index contributed by atoms with van der Waals surface area (Å²) in [5.41, 5.74) is 1.63. The van der Waals surface area contributed by atoms with Gasteiger partial charge in [-0.25, -0.2) is 19.1 Å². The third-order valence-corrected chi connectivity index (χ3v) is 3.25. The van der Waals surface area contributed by atoms with Gasteiger partial charge in [-0.15, -0.1) is 0 Å². The lowest BCUT2D eigenvalue weighted by Gasteiger charge is -2.04. The highest BCUT2D eigenvalue weighted by molar-refractivity contribution is 5.97. The lowest BCUT2D eigenvalue weighted by Crippen LogP contribution is -2.09. The third kappa shape index (κ3) is 2.66. The zero-order valence-electron chi connectivity index (χ0n) is 12.5. The molecular weight excluding hydrogens is 302 g/mol. The second-order valence-electron chi connectivity index (χ2n) is 4.69. The molecule has 0 N–H and O–H groups in total. The molecule has 118 valence electrons. The first-order chi connectivity index (χ1) is 11.1. The summed E-state index contributed by atoms with van der Waals surface area (Å²) < 4.78 is 16.4. The highest BCUT2D eigenvalue weighted by Gasteiger charge is 2.22. The third-order valence-electron chi connectivity index (χ3n) is 3.25. The summed E-state index contributed by atoms with van der Waals surface area (Å²) in [6, 6.07) is 3.25. The zero-order chi connectivity index (χ0) is 16.4. The van der Waals surface area contributed by atoms with Gasteiger partial charge in [-0.05, 0) is 19.1 Å². The van der Waals surface area contributed by atoms with Gasteiger partial charge < -0.3 is 13.9 Å². The molecule has 0 fully saturated rings. The Kier molecular flexibility index (Phi) is 3.80. The summed E-state index contributed by atoms with van der Waals surface area (Å²) in [4.78, 5) is 28.0. The number of hydrogen-bond acceptors (Lipinski definition) is 7. The summed E-state index contributed by atoms with van der Waals surface area (Å²) in [7, 11) is 1.24. The predicted octanol–water partition coefficient (Wildman–Crippen LogP) is 1.77. The van der Waals surface area contributed by atoms with Gasteiger partial charge in [0.15, 0.2) is 5.65 Å². The van der Waals surface area contributed by atoms with E-state index in [0.717, 1.165) is 0 Å². The van der Waals surface area contributed by atoms with Gasteiger partial charge in [-0.2, -0.15) is 5.10 Å². The number of nitrogens with zero attached hydrogens (tertiary/aromatic N) is 3. The first-order valence-corrected chi connectivity index (χ1v) is 6.73. The second kappa shape index (κ2) is 5.91. The van der Waals surface area contributed by atoms with Crippen molar-refractivity contribution in [2.24, 2.45) is 0 Å². The Bertz CT molecular complexity index is 880. The molecule has 0 saturated carbocycles. The molecule has 0 bridgehead atoms. The van der Waals surface area contributed by atoms with Gasteiger partial charge in [-0.1, -0.05) is 0 Å². The van der Waals surface area contributed by atoms with Crippen LogP contribution in [0.25, 0.3) is 5.65 Å². The van der Waals surface area contributed by atoms with Crippen LogP contribution < -0.4 is 0 Å². The normalized spacial score (nSPS) is 10.7. The van der Waals surface area contributed by atoms with Crippen LogP contribution in [0.3, 0.4) is 0 Å². The summed E-state index contributed by atoms with van der Waals surface area (Å²) in [6.07, 6.45) is 4.59. The molecular formula is C15H13N3O5. The van der Waals surface area contributed by atoms with Crippen molar-refractivity contribution in [3.8, 4) is 0 Å². The van der Waals surface area contributed by atoms with E-state index >= 15 is 0 Å². The molecule has 3 aromatic heterocycles. The standard InChI is InChI=1S/C15H13N3O5/c1-9-11(13-16-5-3-6-18(13)17-9)14(19)23-8-10-4-7-22-12(10)15(20)21-2/h3-7H,8H2,1-2H3. The first-order valence-electron chi connectivity index (χ1n) is 6.73. The Hall–Kier alpha value is -3.16. The number of aromatic nitrogens is 3. The molecule has 0 atom stereocenters. The van der Waals surface area contributed by atoms with E-state index < -0.39 is 11.9 Å². The number of esters is 2. The molecule has 0 aliphatic rings. The summed E-state index contributed by atoms with van der Waals surface area (Å²) in [5.74, 6) is -1.20. The van der Waals surface area contributed by atoms with E-state index in [1.807, 2.05) is 0 Å². The molecule has 0 saturated heterocycles. The SMILES string of the molecule is COC(=O)c1occc1COC(=O)c1c(C)nn2cccnc12. The predicted molar refractivity (Wildman–Crippen MR) is 76.9 cm³/mol. The Morgan fingerprint density at radius 2 is 2.17 bits per heavy atom. The van der Waals surface area contributed by atoms with E-state index in [1.165, 1.54) is 17.9 Å². The van der Waals surface area contributed by atoms with Gasteiger partial charge >= 0.3 is 11.9 Å². The van der Waals surface area contributed by atoms with Crippen LogP contribution in [0.15, 0.2) is 35.2 Å². The molecule has 8 heteroatoms. The van der Waals surface area contributed by atoms with Crippen LogP contribution in [0.4, 0.5) is 0 Å². The van der Waals surface area contributed by atoms with Crippen molar-refractivity contribution in [3.05, 3.63) is 53.4 Å². The maximum absolute atomic E-state index is 12.3. The highest BCUT2D eigenvalue weighted by Crippen LogP contribution is 2.17. The molecule has 0 radical (unpaired) electrons. The second-order valence-corrected chi connectivity index (χ2v) is 4.69. The van der Waals surface area contributed by atoms with Gasteiger partial charge in [0.2, 0.25) is 5.76 Å². The van der Waals surface area contributed by atoms with Crippen molar-refractivity contribution >= 4 is 17.6 Å². The number of aryl methyl sites for hydroxylation is 1. The molecule has 3 rings (SSSR count). The number of fused-ring (bicyclic) bond motifs is 1. The van der Waals surface area contributed by atoms with Crippen molar-refractivity contribution in [2.75, 3.05) is 7.11 Å². The largest absolute Gasteiger partial charge is 0.463 e. The van der Waals surface area contributed by atoms with Crippen molar-refractivity contribution < 1.29 is 23.5 Å². The highest BCUT2D eigenvalue weighted by atomic mass is 16.5. The fourth-order valence-corrected chi connectivity index (χ4v) is 2.17. The number of furan rings is 1. The van der Waals surface area contributed by atoms with E-state index in [0.29, 0.717) is 16.9 Å². The Morgan fingerprint density at radius 3 is 2.96 bits per heavy atom. The molecule has 3 aromatic rings. The van der Waals surface area contributed by atoms with Crippen LogP contribution in [0.5, 0.6) is 0 Å². The topological polar surface area (TPSA) is 95.9 Å². The van der Waals surface area contributed by atoms with Crippen LogP contribution in [0.1, 0.15) is 32.2 Å². The van der Waals surface area contributed by atoms with Crippen molar-refractivity contribution in [2.45, 2.75) is 13.5 Å². The first kappa shape index (κ1) is 14.8. The number of carbonyl (C=O) groups excluding carboxylic acids is 2. The molecule has 23 heavy (non-hydrogen) atoms. The lowest BCUT2D eigenvalue weighted by atomic mass is 10.2. The lowest BCUT2D eigenvalue weighted by molar-refractivity contribution is 0.0454. The smallest absolute Gasteiger partial charge is 0.374 e. The summed E-state index contributed by atoms with van der Waals surface area (Å²) >= 11 is 0. The molecule has 8 nitrogen and oxygen atoms in total. The van der Waals surface area contributed by atoms with Gasteiger partial charge in [-0.3, -0.25) is 0 Å². The Labute approximate surface area is 130 Å². The fraction of sp³-hybridized carbons (Fsp3) is 0.200. The molecule has 0 aliphatic carbocycles. The molecule has 0 amide bonds. The number of methoxy groups -OCH3 is 1. The van der Waals surface area contributed by atoms with Crippen molar-refractivity contribution in [1.29, 1.82) is 0 Å². The molecule has 0 aromatic carbocycles. The Balaban J connectivity index is 1.81. The van der Waals surface area contributed by atoms with E-state index in [-0.39, 0.29) is 17.9 Å². The summed E-state index contributed by atoms with van der Waals surface area (Å²) in [5, 5.41) is 4.20. The van der Waals surface area contributed by atoms with Gasteiger partial charge in [0, 0.05) is 18.0 Å². The maximum atomic E-state index is 12.3. The van der Waals surface area contributed by atoms with Crippen molar-refractivity contribution in [1.82, 2.24) is 14.6 Å². The van der Waals surface area contributed by atoms with Crippen LogP contribution in [-0.2, 0) is 16.1 Å². The van der Waals surface area contributed by atoms with Crippen LogP contribution >= 0.6 is 0 Å². The number of carbonyl (C=O) groups is 2. The molecule has 0 aliphatic heterocycles. The maximum Gasteiger partial charge on any atom is 0.374 e. The minimum atomic E-state index is -0.630. The van der Waals surface area contributed by atoms with Crippen LogP contribution in [0, 0.1) is 6.92 Å². The van der Waals surface area contributed by atoms with E-state index in [2.05, 4.69) is 14.8 Å². The quantitative estimate of drug-likeness (QED) is 0.677. The summed E-state index contributed by atoms with van der Waals surface area (Å²) in [6.45, 7) is 1.58. The minimum Gasteiger partial charge on any atom is -0.463 e. The van der Waals surface area contributed by atoms with E-state index in [9.17, 15) is 9.59 Å².